The predicted octanol–water partition coefficient (Wildman–Crippen LogP) is 3.04. The number of anilines is 1. The molecule has 1 aromatic carbocycles. The van der Waals surface area contributed by atoms with E-state index in [2.05, 4.69) is 9.97 Å². The first-order chi connectivity index (χ1) is 11.1. The van der Waals surface area contributed by atoms with Crippen molar-refractivity contribution >= 4 is 23.5 Å². The number of aliphatic carboxylic acids is 1. The van der Waals surface area contributed by atoms with E-state index in [4.69, 9.17) is 11.6 Å². The highest BCUT2D eigenvalue weighted by atomic mass is 35.5. The molecule has 0 bridgehead atoms. The van der Waals surface area contributed by atoms with Crippen LogP contribution in [-0.4, -0.2) is 34.1 Å². The highest BCUT2D eigenvalue weighted by Crippen LogP contribution is 2.35. The number of hydrogen-bond donors (Lipinski definition) is 1. The van der Waals surface area contributed by atoms with Crippen LogP contribution in [0.4, 0.5) is 5.95 Å². The molecular weight excluding hydrogens is 314 g/mol. The van der Waals surface area contributed by atoms with Crippen LogP contribution in [0.15, 0.2) is 42.7 Å². The number of rotatable bonds is 4. The van der Waals surface area contributed by atoms with Crippen molar-refractivity contribution in [1.82, 2.24) is 9.97 Å². The van der Waals surface area contributed by atoms with Crippen molar-refractivity contribution in [3.63, 3.8) is 0 Å². The summed E-state index contributed by atoms with van der Waals surface area (Å²) in [5, 5.41) is 10.5. The lowest BCUT2D eigenvalue weighted by atomic mass is 9.75. The van der Waals surface area contributed by atoms with Crippen molar-refractivity contribution in [2.45, 2.75) is 19.3 Å². The maximum atomic E-state index is 12.0. The third-order valence-corrected chi connectivity index (χ3v) is 4.53. The van der Waals surface area contributed by atoms with Gasteiger partial charge in [-0.05, 0) is 43.0 Å². The number of benzene rings is 1. The maximum Gasteiger partial charge on any atom is 0.311 e. The fourth-order valence-corrected chi connectivity index (χ4v) is 3.40. The van der Waals surface area contributed by atoms with Crippen LogP contribution in [0.5, 0.6) is 0 Å². The summed E-state index contributed by atoms with van der Waals surface area (Å²) in [7, 11) is 0. The zero-order valence-corrected chi connectivity index (χ0v) is 13.4. The van der Waals surface area contributed by atoms with Crippen LogP contribution >= 0.6 is 11.6 Å². The van der Waals surface area contributed by atoms with E-state index in [9.17, 15) is 9.90 Å². The molecule has 0 saturated carbocycles. The number of carbonyl (C=O) groups is 1. The number of carboxylic acid groups (broad SMARTS) is 1. The van der Waals surface area contributed by atoms with E-state index in [0.717, 1.165) is 18.5 Å². The van der Waals surface area contributed by atoms with E-state index in [1.807, 2.05) is 23.1 Å². The molecule has 2 heterocycles. The summed E-state index contributed by atoms with van der Waals surface area (Å²) in [6, 6.07) is 9.17. The predicted molar refractivity (Wildman–Crippen MR) is 88.7 cm³/mol. The van der Waals surface area contributed by atoms with E-state index in [0.29, 0.717) is 30.4 Å². The lowest BCUT2D eigenvalue weighted by Crippen LogP contribution is -2.49. The first-order valence-corrected chi connectivity index (χ1v) is 7.97. The quantitative estimate of drug-likeness (QED) is 0.932. The van der Waals surface area contributed by atoms with Crippen molar-refractivity contribution in [1.29, 1.82) is 0 Å². The standard InChI is InChI=1S/C17H18ClN3O2/c18-14-5-1-4-13(10-14)11-17(15(22)23)6-2-9-21(12-17)16-19-7-3-8-20-16/h1,3-5,7-8,10H,2,6,9,11-12H2,(H,22,23)/t17-/m0/s1. The molecule has 120 valence electrons. The minimum atomic E-state index is -0.845. The van der Waals surface area contributed by atoms with Gasteiger partial charge in [0.2, 0.25) is 5.95 Å². The van der Waals surface area contributed by atoms with Gasteiger partial charge in [0.15, 0.2) is 0 Å². The van der Waals surface area contributed by atoms with Gasteiger partial charge in [-0.15, -0.1) is 0 Å². The summed E-state index contributed by atoms with van der Waals surface area (Å²) >= 11 is 6.03. The third-order valence-electron chi connectivity index (χ3n) is 4.30. The Hall–Kier alpha value is -2.14. The first kappa shape index (κ1) is 15.7. The largest absolute Gasteiger partial charge is 0.481 e. The van der Waals surface area contributed by atoms with Crippen LogP contribution in [0.25, 0.3) is 0 Å². The van der Waals surface area contributed by atoms with Crippen molar-refractivity contribution in [2.24, 2.45) is 5.41 Å². The fraction of sp³-hybridized carbons (Fsp3) is 0.353. The summed E-state index contributed by atoms with van der Waals surface area (Å²) in [6.07, 6.45) is 5.24. The van der Waals surface area contributed by atoms with E-state index in [1.165, 1.54) is 0 Å². The molecule has 5 nitrogen and oxygen atoms in total. The Morgan fingerprint density at radius 1 is 1.30 bits per heavy atom. The molecule has 1 atom stereocenters. The van der Waals surface area contributed by atoms with Crippen LogP contribution in [0, 0.1) is 5.41 Å². The topological polar surface area (TPSA) is 66.3 Å². The lowest BCUT2D eigenvalue weighted by Gasteiger charge is -2.40. The molecule has 0 unspecified atom stereocenters. The van der Waals surface area contributed by atoms with Crippen LogP contribution in [0.2, 0.25) is 5.02 Å². The highest BCUT2D eigenvalue weighted by molar-refractivity contribution is 6.30. The summed E-state index contributed by atoms with van der Waals surface area (Å²) in [5.41, 5.74) is 0.0954. The van der Waals surface area contributed by atoms with Gasteiger partial charge in [-0.1, -0.05) is 23.7 Å². The SMILES string of the molecule is O=C(O)[C@]1(Cc2cccc(Cl)c2)CCCN(c2ncccn2)C1. The van der Waals surface area contributed by atoms with E-state index in [1.54, 1.807) is 24.5 Å². The number of aromatic nitrogens is 2. The Labute approximate surface area is 139 Å². The molecule has 0 aliphatic carbocycles. The maximum absolute atomic E-state index is 12.0. The molecule has 6 heteroatoms. The Kier molecular flexibility index (Phi) is 4.48. The minimum Gasteiger partial charge on any atom is -0.481 e. The van der Waals surface area contributed by atoms with Crippen molar-refractivity contribution < 1.29 is 9.90 Å². The molecule has 0 spiro atoms. The normalized spacial score (nSPS) is 21.2. The molecule has 0 radical (unpaired) electrons. The van der Waals surface area contributed by atoms with Gasteiger partial charge in [0.25, 0.3) is 0 Å². The smallest absolute Gasteiger partial charge is 0.311 e. The fourth-order valence-electron chi connectivity index (χ4n) is 3.19. The zero-order chi connectivity index (χ0) is 16.3. The van der Waals surface area contributed by atoms with Gasteiger partial charge in [0, 0.05) is 30.5 Å². The van der Waals surface area contributed by atoms with Gasteiger partial charge in [-0.3, -0.25) is 4.79 Å². The van der Waals surface area contributed by atoms with Gasteiger partial charge in [0.1, 0.15) is 0 Å². The van der Waals surface area contributed by atoms with Crippen molar-refractivity contribution in [2.75, 3.05) is 18.0 Å². The van der Waals surface area contributed by atoms with Gasteiger partial charge < -0.3 is 10.0 Å². The molecule has 1 saturated heterocycles. The van der Waals surface area contributed by atoms with E-state index < -0.39 is 11.4 Å². The van der Waals surface area contributed by atoms with Gasteiger partial charge in [-0.2, -0.15) is 0 Å². The number of nitrogens with zero attached hydrogens (tertiary/aromatic N) is 3. The van der Waals surface area contributed by atoms with Gasteiger partial charge >= 0.3 is 5.97 Å². The number of piperidine rings is 1. The molecule has 0 amide bonds. The Bertz CT molecular complexity index is 695. The van der Waals surface area contributed by atoms with E-state index >= 15 is 0 Å². The second kappa shape index (κ2) is 6.54. The van der Waals surface area contributed by atoms with Crippen LogP contribution < -0.4 is 4.90 Å². The van der Waals surface area contributed by atoms with Crippen LogP contribution in [0.3, 0.4) is 0 Å². The molecule has 23 heavy (non-hydrogen) atoms. The monoisotopic (exact) mass is 331 g/mol. The Morgan fingerprint density at radius 3 is 2.78 bits per heavy atom. The minimum absolute atomic E-state index is 0.402. The van der Waals surface area contributed by atoms with Gasteiger partial charge in [0.05, 0.1) is 5.41 Å². The van der Waals surface area contributed by atoms with Crippen LogP contribution in [-0.2, 0) is 11.2 Å². The molecule has 1 N–H and O–H groups in total. The molecule has 1 aliphatic rings. The van der Waals surface area contributed by atoms with Crippen molar-refractivity contribution in [3.05, 3.63) is 53.3 Å². The number of halogens is 1. The molecule has 1 aromatic heterocycles. The molecule has 2 aromatic rings. The Morgan fingerprint density at radius 2 is 2.09 bits per heavy atom. The second-order valence-electron chi connectivity index (χ2n) is 5.97. The zero-order valence-electron chi connectivity index (χ0n) is 12.7. The molecule has 1 fully saturated rings. The van der Waals surface area contributed by atoms with Crippen LogP contribution in [0.1, 0.15) is 18.4 Å². The van der Waals surface area contributed by atoms with E-state index in [-0.39, 0.29) is 0 Å². The summed E-state index contributed by atoms with van der Waals surface area (Å²) in [4.78, 5) is 22.5. The Balaban J connectivity index is 1.87. The van der Waals surface area contributed by atoms with Crippen molar-refractivity contribution in [3.8, 4) is 0 Å². The highest BCUT2D eigenvalue weighted by Gasteiger charge is 2.43. The first-order valence-electron chi connectivity index (χ1n) is 7.59. The second-order valence-corrected chi connectivity index (χ2v) is 6.40. The average molecular weight is 332 g/mol. The molecule has 1 aliphatic heterocycles. The lowest BCUT2D eigenvalue weighted by molar-refractivity contribution is -0.149. The average Bonchev–Trinajstić information content (AvgIpc) is 2.56. The molecular formula is C17H18ClN3O2. The summed E-state index contributed by atoms with van der Waals surface area (Å²) in [5.74, 6) is -0.193. The number of hydrogen-bond acceptors (Lipinski definition) is 4. The van der Waals surface area contributed by atoms with Gasteiger partial charge in [-0.25, -0.2) is 9.97 Å². The summed E-state index contributed by atoms with van der Waals surface area (Å²) in [6.45, 7) is 1.17. The molecule has 3 rings (SSSR count). The summed E-state index contributed by atoms with van der Waals surface area (Å²) < 4.78 is 0. The number of carboxylic acids is 1. The third kappa shape index (κ3) is 3.45.